The molecule has 0 aliphatic carbocycles. The van der Waals surface area contributed by atoms with Gasteiger partial charge < -0.3 is 10.1 Å². The van der Waals surface area contributed by atoms with Gasteiger partial charge in [0.05, 0.1) is 18.6 Å². The Morgan fingerprint density at radius 2 is 2.33 bits per heavy atom. The fraction of sp³-hybridized carbons (Fsp3) is 0.818. The molecule has 1 unspecified atom stereocenters. The van der Waals surface area contributed by atoms with Crippen LogP contribution in [-0.4, -0.2) is 24.2 Å². The molecule has 0 aromatic rings. The normalized spacial score (nSPS) is 21.8. The van der Waals surface area contributed by atoms with Gasteiger partial charge in [-0.25, -0.2) is 0 Å². The third-order valence-electron chi connectivity index (χ3n) is 2.42. The van der Waals surface area contributed by atoms with E-state index in [0.717, 1.165) is 25.9 Å². The van der Waals surface area contributed by atoms with Crippen LogP contribution < -0.4 is 5.32 Å². The number of hydrogen-bond acceptors (Lipinski definition) is 3. The van der Waals surface area contributed by atoms with E-state index in [1.54, 1.807) is 13.8 Å². The molecule has 1 aliphatic heterocycles. The second-order valence-corrected chi connectivity index (χ2v) is 4.48. The van der Waals surface area contributed by atoms with E-state index in [1.807, 2.05) is 6.07 Å². The van der Waals surface area contributed by atoms with E-state index in [4.69, 9.17) is 10.00 Å². The molecule has 0 aromatic heterocycles. The summed E-state index contributed by atoms with van der Waals surface area (Å²) in [6, 6.07) is 2.04. The Morgan fingerprint density at radius 3 is 2.87 bits per heavy atom. The zero-order valence-electron chi connectivity index (χ0n) is 9.38. The van der Waals surface area contributed by atoms with Crippen LogP contribution in [0.15, 0.2) is 0 Å². The summed E-state index contributed by atoms with van der Waals surface area (Å²) < 4.78 is 5.45. The minimum atomic E-state index is -0.786. The van der Waals surface area contributed by atoms with Crippen molar-refractivity contribution in [3.63, 3.8) is 0 Å². The van der Waals surface area contributed by atoms with Crippen molar-refractivity contribution in [3.8, 4) is 6.07 Å². The molecule has 4 nitrogen and oxygen atoms in total. The lowest BCUT2D eigenvalue weighted by molar-refractivity contribution is -0.125. The van der Waals surface area contributed by atoms with Gasteiger partial charge in [0.1, 0.15) is 5.54 Å². The molecule has 1 saturated heterocycles. The van der Waals surface area contributed by atoms with E-state index in [1.165, 1.54) is 0 Å². The van der Waals surface area contributed by atoms with Gasteiger partial charge in [0.25, 0.3) is 0 Å². The molecular weight excluding hydrogens is 192 g/mol. The van der Waals surface area contributed by atoms with Crippen LogP contribution in [0.25, 0.3) is 0 Å². The Kier molecular flexibility index (Phi) is 4.10. The second kappa shape index (κ2) is 5.13. The van der Waals surface area contributed by atoms with Crippen molar-refractivity contribution in [3.05, 3.63) is 0 Å². The third kappa shape index (κ3) is 4.30. The lowest BCUT2D eigenvalue weighted by Gasteiger charge is -2.24. The first-order chi connectivity index (χ1) is 7.03. The van der Waals surface area contributed by atoms with E-state index < -0.39 is 5.54 Å². The van der Waals surface area contributed by atoms with Gasteiger partial charge >= 0.3 is 0 Å². The van der Waals surface area contributed by atoms with Crippen molar-refractivity contribution in [1.82, 2.24) is 5.32 Å². The highest BCUT2D eigenvalue weighted by Gasteiger charge is 2.23. The summed E-state index contributed by atoms with van der Waals surface area (Å²) in [4.78, 5) is 11.5. The van der Waals surface area contributed by atoms with Gasteiger partial charge in [-0.05, 0) is 33.1 Å². The van der Waals surface area contributed by atoms with Crippen molar-refractivity contribution in [2.75, 3.05) is 6.61 Å². The minimum absolute atomic E-state index is 0.0354. The summed E-state index contributed by atoms with van der Waals surface area (Å²) >= 11 is 0. The lowest BCUT2D eigenvalue weighted by Crippen LogP contribution is -2.43. The van der Waals surface area contributed by atoms with Gasteiger partial charge in [0.2, 0.25) is 5.91 Å². The van der Waals surface area contributed by atoms with Crippen LogP contribution in [0.1, 0.15) is 39.5 Å². The molecule has 15 heavy (non-hydrogen) atoms. The van der Waals surface area contributed by atoms with Crippen molar-refractivity contribution >= 4 is 5.91 Å². The fourth-order valence-electron chi connectivity index (χ4n) is 1.60. The summed E-state index contributed by atoms with van der Waals surface area (Å²) in [7, 11) is 0. The highest BCUT2D eigenvalue weighted by molar-refractivity contribution is 5.77. The zero-order chi connectivity index (χ0) is 11.3. The minimum Gasteiger partial charge on any atom is -0.378 e. The van der Waals surface area contributed by atoms with Gasteiger partial charge in [0, 0.05) is 6.61 Å². The molecule has 0 saturated carbocycles. The molecule has 0 aromatic carbocycles. The first kappa shape index (κ1) is 12.0. The van der Waals surface area contributed by atoms with E-state index >= 15 is 0 Å². The highest BCUT2D eigenvalue weighted by Crippen LogP contribution is 2.15. The Morgan fingerprint density at radius 1 is 1.60 bits per heavy atom. The predicted octanol–water partition coefficient (Wildman–Crippen LogP) is 1.36. The number of amides is 1. The number of hydrogen-bond donors (Lipinski definition) is 1. The maximum Gasteiger partial charge on any atom is 0.223 e. The molecule has 1 atom stereocenters. The average Bonchev–Trinajstić information content (AvgIpc) is 2.18. The average molecular weight is 210 g/mol. The summed E-state index contributed by atoms with van der Waals surface area (Å²) in [5, 5.41) is 11.4. The zero-order valence-corrected chi connectivity index (χ0v) is 9.38. The second-order valence-electron chi connectivity index (χ2n) is 4.48. The number of rotatable bonds is 3. The van der Waals surface area contributed by atoms with Crippen LogP contribution in [-0.2, 0) is 9.53 Å². The van der Waals surface area contributed by atoms with Crippen molar-refractivity contribution < 1.29 is 9.53 Å². The predicted molar refractivity (Wildman–Crippen MR) is 56.0 cm³/mol. The number of nitrogens with zero attached hydrogens (tertiary/aromatic N) is 1. The van der Waals surface area contributed by atoms with E-state index in [2.05, 4.69) is 5.32 Å². The molecule has 1 heterocycles. The van der Waals surface area contributed by atoms with Gasteiger partial charge in [0.15, 0.2) is 0 Å². The molecule has 1 aliphatic rings. The molecule has 1 rings (SSSR count). The standard InChI is InChI=1S/C11H18N2O2/c1-11(2,8-12)13-10(14)7-9-5-3-4-6-15-9/h9H,3-7H2,1-2H3,(H,13,14). The summed E-state index contributed by atoms with van der Waals surface area (Å²) in [6.07, 6.45) is 3.56. The maximum absolute atomic E-state index is 11.5. The van der Waals surface area contributed by atoms with Crippen LogP contribution in [0.5, 0.6) is 0 Å². The quantitative estimate of drug-likeness (QED) is 0.765. The Hall–Kier alpha value is -1.08. The van der Waals surface area contributed by atoms with Crippen molar-refractivity contribution in [2.45, 2.75) is 51.2 Å². The molecular formula is C11H18N2O2. The number of ether oxygens (including phenoxy) is 1. The number of nitrogens with one attached hydrogen (secondary N) is 1. The van der Waals surface area contributed by atoms with E-state index in [-0.39, 0.29) is 12.0 Å². The van der Waals surface area contributed by atoms with Crippen LogP contribution in [0.4, 0.5) is 0 Å². The molecule has 1 N–H and O–H groups in total. The van der Waals surface area contributed by atoms with E-state index in [0.29, 0.717) is 6.42 Å². The number of carbonyl (C=O) groups is 1. The Bertz CT molecular complexity index is 262. The topological polar surface area (TPSA) is 62.1 Å². The molecule has 1 amide bonds. The van der Waals surface area contributed by atoms with Crippen LogP contribution in [0.3, 0.4) is 0 Å². The molecule has 0 radical (unpaired) electrons. The van der Waals surface area contributed by atoms with Gasteiger partial charge in [-0.1, -0.05) is 0 Å². The molecule has 0 bridgehead atoms. The maximum atomic E-state index is 11.5. The molecule has 0 spiro atoms. The Balaban J connectivity index is 2.32. The van der Waals surface area contributed by atoms with Gasteiger partial charge in [-0.3, -0.25) is 4.79 Å². The van der Waals surface area contributed by atoms with Gasteiger partial charge in [-0.2, -0.15) is 5.26 Å². The highest BCUT2D eigenvalue weighted by atomic mass is 16.5. The third-order valence-corrected chi connectivity index (χ3v) is 2.42. The SMILES string of the molecule is CC(C)(C#N)NC(=O)CC1CCCCO1. The number of carbonyl (C=O) groups excluding carboxylic acids is 1. The van der Waals surface area contributed by atoms with Gasteiger partial charge in [-0.15, -0.1) is 0 Å². The summed E-state index contributed by atoms with van der Waals surface area (Å²) in [5.74, 6) is -0.103. The lowest BCUT2D eigenvalue weighted by atomic mass is 10.0. The molecule has 1 fully saturated rings. The van der Waals surface area contributed by atoms with Crippen LogP contribution in [0.2, 0.25) is 0 Å². The first-order valence-corrected chi connectivity index (χ1v) is 5.37. The smallest absolute Gasteiger partial charge is 0.223 e. The van der Waals surface area contributed by atoms with Crippen LogP contribution >= 0.6 is 0 Å². The number of nitriles is 1. The van der Waals surface area contributed by atoms with E-state index in [9.17, 15) is 4.79 Å². The monoisotopic (exact) mass is 210 g/mol. The first-order valence-electron chi connectivity index (χ1n) is 5.37. The van der Waals surface area contributed by atoms with Crippen LogP contribution in [0, 0.1) is 11.3 Å². The molecule has 84 valence electrons. The van der Waals surface area contributed by atoms with Crippen molar-refractivity contribution in [2.24, 2.45) is 0 Å². The largest absolute Gasteiger partial charge is 0.378 e. The molecule has 4 heteroatoms. The van der Waals surface area contributed by atoms with Crippen molar-refractivity contribution in [1.29, 1.82) is 5.26 Å². The summed E-state index contributed by atoms with van der Waals surface area (Å²) in [6.45, 7) is 4.12. The Labute approximate surface area is 90.6 Å². The summed E-state index contributed by atoms with van der Waals surface area (Å²) in [5.41, 5.74) is -0.786. The fourth-order valence-corrected chi connectivity index (χ4v) is 1.60.